The Morgan fingerprint density at radius 2 is 2.03 bits per heavy atom. The third-order valence-corrected chi connectivity index (χ3v) is 5.87. The Kier molecular flexibility index (Phi) is 4.91. The zero-order valence-electron chi connectivity index (χ0n) is 15.0. The van der Waals surface area contributed by atoms with Crippen LogP contribution in [0, 0.1) is 17.0 Å². The lowest BCUT2D eigenvalue weighted by Crippen LogP contribution is -2.30. The van der Waals surface area contributed by atoms with E-state index < -0.39 is 16.4 Å². The summed E-state index contributed by atoms with van der Waals surface area (Å²) in [7, 11) is 0. The van der Waals surface area contributed by atoms with Crippen LogP contribution in [0.5, 0.6) is 0 Å². The highest BCUT2D eigenvalue weighted by molar-refractivity contribution is 7.20. The molecule has 4 aromatic rings. The van der Waals surface area contributed by atoms with Crippen LogP contribution < -0.4 is 10.9 Å². The fraction of sp³-hybridized carbons (Fsp3) is 0.111. The van der Waals surface area contributed by atoms with E-state index in [1.165, 1.54) is 46.9 Å². The smallest absolute Gasteiger partial charge is 0.294 e. The van der Waals surface area contributed by atoms with Gasteiger partial charge in [0.2, 0.25) is 5.91 Å². The zero-order valence-corrected chi connectivity index (χ0v) is 16.6. The molecule has 0 fully saturated rings. The molecular formula is C18H13N5O4S2. The zero-order chi connectivity index (χ0) is 20.5. The summed E-state index contributed by atoms with van der Waals surface area (Å²) in [5.41, 5.74) is 0.768. The lowest BCUT2D eigenvalue weighted by molar-refractivity contribution is -0.384. The van der Waals surface area contributed by atoms with Crippen molar-refractivity contribution in [1.82, 2.24) is 14.8 Å². The van der Waals surface area contributed by atoms with Gasteiger partial charge >= 0.3 is 0 Å². The predicted molar refractivity (Wildman–Crippen MR) is 111 cm³/mol. The quantitative estimate of drug-likeness (QED) is 0.385. The number of nitro groups is 1. The summed E-state index contributed by atoms with van der Waals surface area (Å²) in [5, 5.41) is 20.4. The number of fused-ring (bicyclic) bond motifs is 1. The van der Waals surface area contributed by atoms with E-state index in [9.17, 15) is 19.7 Å². The summed E-state index contributed by atoms with van der Waals surface area (Å²) in [6, 6.07) is 9.22. The van der Waals surface area contributed by atoms with Crippen LogP contribution in [0.4, 0.5) is 11.4 Å². The minimum Gasteiger partial charge on any atom is -0.324 e. The van der Waals surface area contributed by atoms with Gasteiger partial charge in [-0.05, 0) is 30.5 Å². The minimum absolute atomic E-state index is 0.0779. The second kappa shape index (κ2) is 7.53. The molecule has 1 N–H and O–H groups in total. The molecule has 0 spiro atoms. The third-order valence-electron chi connectivity index (χ3n) is 4.02. The van der Waals surface area contributed by atoms with Gasteiger partial charge in [-0.15, -0.1) is 22.7 Å². The average molecular weight is 427 g/mol. The van der Waals surface area contributed by atoms with Gasteiger partial charge in [-0.25, -0.2) is 9.67 Å². The van der Waals surface area contributed by atoms with Crippen molar-refractivity contribution in [2.75, 3.05) is 5.32 Å². The van der Waals surface area contributed by atoms with Crippen molar-refractivity contribution >= 4 is 50.2 Å². The summed E-state index contributed by atoms with van der Waals surface area (Å²) in [6.45, 7) is 1.51. The van der Waals surface area contributed by atoms with Crippen molar-refractivity contribution in [2.45, 2.75) is 13.5 Å². The van der Waals surface area contributed by atoms with Gasteiger partial charge in [-0.1, -0.05) is 6.07 Å². The van der Waals surface area contributed by atoms with Gasteiger partial charge in [-0.3, -0.25) is 19.7 Å². The number of thiazole rings is 1. The van der Waals surface area contributed by atoms with E-state index in [-0.39, 0.29) is 17.7 Å². The molecule has 1 amide bonds. The number of anilines is 1. The summed E-state index contributed by atoms with van der Waals surface area (Å²) in [4.78, 5) is 40.6. The molecule has 0 unspecified atom stereocenters. The van der Waals surface area contributed by atoms with Gasteiger partial charge in [0.15, 0.2) is 5.52 Å². The SMILES string of the molecule is Cc1nc2c(=O)n(CC(=O)Nc3ccc([N+](=O)[O-])cc3)nc(-c3cccs3)c2s1. The van der Waals surface area contributed by atoms with Crippen molar-refractivity contribution in [3.8, 4) is 10.6 Å². The highest BCUT2D eigenvalue weighted by atomic mass is 32.1. The molecule has 146 valence electrons. The Balaban J connectivity index is 1.65. The predicted octanol–water partition coefficient (Wildman–Crippen LogP) is 3.44. The molecule has 0 radical (unpaired) electrons. The van der Waals surface area contributed by atoms with Crippen LogP contribution in [0.25, 0.3) is 20.8 Å². The standard InChI is InChI=1S/C18H13N5O4S2/c1-10-19-16-17(29-10)15(13-3-2-8-28-13)21-22(18(16)25)9-14(24)20-11-4-6-12(7-5-11)23(26)27/h2-8H,9H2,1H3,(H,20,24). The number of thiophene rings is 1. The Hall–Kier alpha value is -3.44. The summed E-state index contributed by atoms with van der Waals surface area (Å²) in [5.74, 6) is -0.475. The number of nitro benzene ring substituents is 1. The fourth-order valence-corrected chi connectivity index (χ4v) is 4.44. The molecule has 0 atom stereocenters. The van der Waals surface area contributed by atoms with Crippen LogP contribution in [0.3, 0.4) is 0 Å². The molecule has 4 rings (SSSR count). The number of aromatic nitrogens is 3. The second-order valence-corrected chi connectivity index (χ2v) is 8.20. The molecule has 29 heavy (non-hydrogen) atoms. The number of carbonyl (C=O) groups excluding carboxylic acids is 1. The fourth-order valence-electron chi connectivity index (χ4n) is 2.75. The maximum Gasteiger partial charge on any atom is 0.294 e. The number of rotatable bonds is 5. The van der Waals surface area contributed by atoms with E-state index in [0.29, 0.717) is 16.1 Å². The summed E-state index contributed by atoms with van der Waals surface area (Å²) < 4.78 is 1.79. The number of nitrogens with zero attached hydrogens (tertiary/aromatic N) is 4. The first kappa shape index (κ1) is 18.9. The minimum atomic E-state index is -0.522. The number of hydrogen-bond acceptors (Lipinski definition) is 8. The van der Waals surface area contributed by atoms with E-state index in [4.69, 9.17) is 0 Å². The molecule has 1 aromatic carbocycles. The van der Waals surface area contributed by atoms with Crippen LogP contribution in [0.15, 0.2) is 46.6 Å². The van der Waals surface area contributed by atoms with E-state index in [1.807, 2.05) is 24.4 Å². The van der Waals surface area contributed by atoms with Crippen molar-refractivity contribution in [3.05, 3.63) is 67.3 Å². The van der Waals surface area contributed by atoms with Crippen molar-refractivity contribution in [3.63, 3.8) is 0 Å². The van der Waals surface area contributed by atoms with Crippen LogP contribution in [-0.4, -0.2) is 25.6 Å². The number of amides is 1. The Labute approximate surface area is 171 Å². The average Bonchev–Trinajstić information content (AvgIpc) is 3.34. The lowest BCUT2D eigenvalue weighted by atomic mass is 10.3. The highest BCUT2D eigenvalue weighted by Gasteiger charge is 2.18. The monoisotopic (exact) mass is 427 g/mol. The third kappa shape index (κ3) is 3.77. The molecule has 0 aliphatic carbocycles. The van der Waals surface area contributed by atoms with Gasteiger partial charge in [0, 0.05) is 17.8 Å². The van der Waals surface area contributed by atoms with Crippen LogP contribution in [0.2, 0.25) is 0 Å². The number of nitrogens with one attached hydrogen (secondary N) is 1. The van der Waals surface area contributed by atoms with Crippen molar-refractivity contribution in [1.29, 1.82) is 0 Å². The maximum atomic E-state index is 12.8. The molecule has 11 heteroatoms. The molecule has 0 bridgehead atoms. The van der Waals surface area contributed by atoms with Gasteiger partial charge in [0.05, 0.1) is 19.5 Å². The van der Waals surface area contributed by atoms with E-state index in [2.05, 4.69) is 15.4 Å². The van der Waals surface area contributed by atoms with Gasteiger partial charge in [0.25, 0.3) is 11.2 Å². The normalized spacial score (nSPS) is 10.9. The molecule has 3 heterocycles. The van der Waals surface area contributed by atoms with E-state index in [1.54, 1.807) is 0 Å². The molecule has 0 saturated heterocycles. The molecule has 9 nitrogen and oxygen atoms in total. The van der Waals surface area contributed by atoms with Gasteiger partial charge in [0.1, 0.15) is 12.2 Å². The van der Waals surface area contributed by atoms with Crippen molar-refractivity contribution in [2.24, 2.45) is 0 Å². The summed E-state index contributed by atoms with van der Waals surface area (Å²) >= 11 is 2.87. The number of benzene rings is 1. The maximum absolute atomic E-state index is 12.8. The lowest BCUT2D eigenvalue weighted by Gasteiger charge is -2.08. The Morgan fingerprint density at radius 1 is 1.28 bits per heavy atom. The van der Waals surface area contributed by atoms with Crippen LogP contribution in [0.1, 0.15) is 5.01 Å². The molecular weight excluding hydrogens is 414 g/mol. The Bertz CT molecular complexity index is 1280. The summed E-state index contributed by atoms with van der Waals surface area (Å²) in [6.07, 6.45) is 0. The van der Waals surface area contributed by atoms with Crippen molar-refractivity contribution < 1.29 is 9.72 Å². The molecule has 3 aromatic heterocycles. The van der Waals surface area contributed by atoms with Gasteiger partial charge in [-0.2, -0.15) is 5.10 Å². The number of non-ortho nitro benzene ring substituents is 1. The first-order chi connectivity index (χ1) is 13.9. The van der Waals surface area contributed by atoms with E-state index >= 15 is 0 Å². The number of carbonyl (C=O) groups is 1. The van der Waals surface area contributed by atoms with Crippen LogP contribution in [-0.2, 0) is 11.3 Å². The first-order valence-corrected chi connectivity index (χ1v) is 10.1. The Morgan fingerprint density at radius 3 is 2.69 bits per heavy atom. The highest BCUT2D eigenvalue weighted by Crippen LogP contribution is 2.31. The number of hydrogen-bond donors (Lipinski definition) is 1. The molecule has 0 aliphatic rings. The first-order valence-electron chi connectivity index (χ1n) is 8.39. The largest absolute Gasteiger partial charge is 0.324 e. The topological polar surface area (TPSA) is 120 Å². The van der Waals surface area contributed by atoms with E-state index in [0.717, 1.165) is 14.6 Å². The number of aryl methyl sites for hydroxylation is 1. The second-order valence-electron chi connectivity index (χ2n) is 6.05. The molecule has 0 saturated carbocycles. The molecule has 0 aliphatic heterocycles. The van der Waals surface area contributed by atoms with Gasteiger partial charge < -0.3 is 5.32 Å². The van der Waals surface area contributed by atoms with Crippen LogP contribution >= 0.6 is 22.7 Å².